The Balaban J connectivity index is 1.57. The van der Waals surface area contributed by atoms with Crippen molar-refractivity contribution in [2.45, 2.75) is 26.4 Å². The number of hydrogen-bond donors (Lipinski definition) is 1. The van der Waals surface area contributed by atoms with E-state index in [0.29, 0.717) is 23.1 Å². The van der Waals surface area contributed by atoms with E-state index in [2.05, 4.69) is 27.4 Å². The molecule has 0 aliphatic carbocycles. The second-order valence-corrected chi connectivity index (χ2v) is 6.53. The molecule has 0 spiro atoms. The Morgan fingerprint density at radius 3 is 2.76 bits per heavy atom. The minimum absolute atomic E-state index is 0.213. The molecule has 0 unspecified atom stereocenters. The van der Waals surface area contributed by atoms with Gasteiger partial charge in [0.1, 0.15) is 23.2 Å². The topological polar surface area (TPSA) is 81.9 Å². The van der Waals surface area contributed by atoms with Gasteiger partial charge in [-0.2, -0.15) is 0 Å². The second-order valence-electron chi connectivity index (χ2n) is 5.47. The Morgan fingerprint density at radius 2 is 2.08 bits per heavy atom. The highest BCUT2D eigenvalue weighted by Crippen LogP contribution is 2.19. The van der Waals surface area contributed by atoms with Crippen molar-refractivity contribution in [2.24, 2.45) is 7.05 Å². The SMILES string of the molecule is CCCc1nnc(NC(=O)c2ccc(OCc3nccn3C)cc2)s1. The van der Waals surface area contributed by atoms with Crippen molar-refractivity contribution in [3.63, 3.8) is 0 Å². The highest BCUT2D eigenvalue weighted by molar-refractivity contribution is 7.15. The molecule has 0 fully saturated rings. The van der Waals surface area contributed by atoms with Gasteiger partial charge in [-0.25, -0.2) is 4.98 Å². The molecule has 0 bridgehead atoms. The van der Waals surface area contributed by atoms with Gasteiger partial charge in [-0.15, -0.1) is 10.2 Å². The Labute approximate surface area is 149 Å². The van der Waals surface area contributed by atoms with Crippen LogP contribution in [0.4, 0.5) is 5.13 Å². The Kier molecular flexibility index (Phi) is 5.39. The van der Waals surface area contributed by atoms with Crippen molar-refractivity contribution in [3.05, 3.63) is 53.1 Å². The molecule has 2 aromatic heterocycles. The molecule has 0 saturated carbocycles. The van der Waals surface area contributed by atoms with Gasteiger partial charge in [0.05, 0.1) is 0 Å². The molecule has 130 valence electrons. The number of ether oxygens (including phenoxy) is 1. The van der Waals surface area contributed by atoms with Crippen LogP contribution in [0.25, 0.3) is 0 Å². The number of nitrogens with one attached hydrogen (secondary N) is 1. The maximum absolute atomic E-state index is 12.3. The van der Waals surface area contributed by atoms with E-state index in [0.717, 1.165) is 23.7 Å². The predicted molar refractivity (Wildman–Crippen MR) is 95.8 cm³/mol. The smallest absolute Gasteiger partial charge is 0.257 e. The summed E-state index contributed by atoms with van der Waals surface area (Å²) < 4.78 is 7.58. The molecule has 1 aromatic carbocycles. The standard InChI is InChI=1S/C17H19N5O2S/c1-3-4-15-20-21-17(25-15)19-16(23)12-5-7-13(8-6-12)24-11-14-18-9-10-22(14)2/h5-10H,3-4,11H2,1-2H3,(H,19,21,23). The third kappa shape index (κ3) is 4.42. The number of anilines is 1. The van der Waals surface area contributed by atoms with Crippen molar-refractivity contribution in [1.29, 1.82) is 0 Å². The molecule has 25 heavy (non-hydrogen) atoms. The van der Waals surface area contributed by atoms with Crippen LogP contribution in [0.15, 0.2) is 36.7 Å². The highest BCUT2D eigenvalue weighted by atomic mass is 32.1. The van der Waals surface area contributed by atoms with Crippen molar-refractivity contribution < 1.29 is 9.53 Å². The van der Waals surface area contributed by atoms with Crippen LogP contribution in [0.5, 0.6) is 5.75 Å². The quantitative estimate of drug-likeness (QED) is 0.703. The maximum atomic E-state index is 12.3. The first-order chi connectivity index (χ1) is 12.2. The van der Waals surface area contributed by atoms with Crippen LogP contribution in [0.3, 0.4) is 0 Å². The van der Waals surface area contributed by atoms with Gasteiger partial charge in [0.2, 0.25) is 5.13 Å². The number of imidazole rings is 1. The zero-order valence-corrected chi connectivity index (χ0v) is 14.9. The van der Waals surface area contributed by atoms with E-state index < -0.39 is 0 Å². The summed E-state index contributed by atoms with van der Waals surface area (Å²) in [6.07, 6.45) is 5.47. The number of hydrogen-bond acceptors (Lipinski definition) is 6. The van der Waals surface area contributed by atoms with Crippen LogP contribution in [0.1, 0.15) is 34.5 Å². The molecule has 0 atom stereocenters. The third-order valence-electron chi connectivity index (χ3n) is 3.56. The molecule has 1 N–H and O–H groups in total. The van der Waals surface area contributed by atoms with Crippen LogP contribution < -0.4 is 10.1 Å². The van der Waals surface area contributed by atoms with E-state index in [1.807, 2.05) is 17.8 Å². The van der Waals surface area contributed by atoms with Crippen molar-refractivity contribution in [1.82, 2.24) is 19.7 Å². The fourth-order valence-electron chi connectivity index (χ4n) is 2.17. The van der Waals surface area contributed by atoms with Gasteiger partial charge in [0.25, 0.3) is 5.91 Å². The van der Waals surface area contributed by atoms with Gasteiger partial charge in [0, 0.05) is 31.4 Å². The molecular formula is C17H19N5O2S. The summed E-state index contributed by atoms with van der Waals surface area (Å²) >= 11 is 1.40. The Bertz CT molecular complexity index is 841. The van der Waals surface area contributed by atoms with Crippen LogP contribution in [0, 0.1) is 0 Å². The minimum atomic E-state index is -0.213. The van der Waals surface area contributed by atoms with E-state index in [1.54, 1.807) is 30.5 Å². The summed E-state index contributed by atoms with van der Waals surface area (Å²) in [5.74, 6) is 1.30. The third-order valence-corrected chi connectivity index (χ3v) is 4.46. The fraction of sp³-hybridized carbons (Fsp3) is 0.294. The van der Waals surface area contributed by atoms with Crippen LogP contribution in [-0.4, -0.2) is 25.7 Å². The van der Waals surface area contributed by atoms with Gasteiger partial charge in [0.15, 0.2) is 0 Å². The van der Waals surface area contributed by atoms with Crippen LogP contribution >= 0.6 is 11.3 Å². The van der Waals surface area contributed by atoms with Gasteiger partial charge in [-0.1, -0.05) is 18.3 Å². The predicted octanol–water partition coefficient (Wildman–Crippen LogP) is 3.06. The van der Waals surface area contributed by atoms with Gasteiger partial charge < -0.3 is 9.30 Å². The second kappa shape index (κ2) is 7.89. The molecule has 0 aliphatic heterocycles. The summed E-state index contributed by atoms with van der Waals surface area (Å²) in [6, 6.07) is 6.97. The van der Waals surface area contributed by atoms with E-state index in [1.165, 1.54) is 11.3 Å². The Morgan fingerprint density at radius 1 is 1.28 bits per heavy atom. The fourth-order valence-corrected chi connectivity index (χ4v) is 3.01. The largest absolute Gasteiger partial charge is 0.486 e. The number of carbonyl (C=O) groups excluding carboxylic acids is 1. The van der Waals surface area contributed by atoms with Gasteiger partial charge >= 0.3 is 0 Å². The summed E-state index contributed by atoms with van der Waals surface area (Å²) in [5, 5.41) is 12.2. The van der Waals surface area contributed by atoms with E-state index in [9.17, 15) is 4.79 Å². The average molecular weight is 357 g/mol. The first-order valence-electron chi connectivity index (χ1n) is 7.98. The van der Waals surface area contributed by atoms with Crippen LogP contribution in [0.2, 0.25) is 0 Å². The summed E-state index contributed by atoms with van der Waals surface area (Å²) in [5.41, 5.74) is 0.539. The molecule has 3 aromatic rings. The molecule has 0 saturated heterocycles. The maximum Gasteiger partial charge on any atom is 0.257 e. The van der Waals surface area contributed by atoms with E-state index >= 15 is 0 Å². The first-order valence-corrected chi connectivity index (χ1v) is 8.80. The number of nitrogens with zero attached hydrogens (tertiary/aromatic N) is 4. The molecular weight excluding hydrogens is 338 g/mol. The molecule has 0 aliphatic rings. The molecule has 7 nitrogen and oxygen atoms in total. The zero-order valence-electron chi connectivity index (χ0n) is 14.1. The molecule has 3 rings (SSSR count). The zero-order chi connectivity index (χ0) is 17.6. The lowest BCUT2D eigenvalue weighted by Crippen LogP contribution is -2.11. The first kappa shape index (κ1) is 17.1. The molecule has 1 amide bonds. The van der Waals surface area contributed by atoms with E-state index in [4.69, 9.17) is 4.74 Å². The lowest BCUT2D eigenvalue weighted by Gasteiger charge is -2.07. The van der Waals surface area contributed by atoms with Crippen molar-refractivity contribution >= 4 is 22.4 Å². The van der Waals surface area contributed by atoms with Crippen molar-refractivity contribution in [3.8, 4) is 5.75 Å². The minimum Gasteiger partial charge on any atom is -0.486 e. The lowest BCUT2D eigenvalue weighted by molar-refractivity contribution is 0.102. The number of aromatic nitrogens is 4. The van der Waals surface area contributed by atoms with Crippen LogP contribution in [-0.2, 0) is 20.1 Å². The molecule has 8 heteroatoms. The normalized spacial score (nSPS) is 10.6. The lowest BCUT2D eigenvalue weighted by atomic mass is 10.2. The highest BCUT2D eigenvalue weighted by Gasteiger charge is 2.10. The average Bonchev–Trinajstić information content (AvgIpc) is 3.23. The number of amides is 1. The summed E-state index contributed by atoms with van der Waals surface area (Å²) in [6.45, 7) is 2.46. The number of rotatable bonds is 7. The number of aryl methyl sites for hydroxylation is 2. The molecule has 0 radical (unpaired) electrons. The van der Waals surface area contributed by atoms with Crippen molar-refractivity contribution in [2.75, 3.05) is 5.32 Å². The van der Waals surface area contributed by atoms with Gasteiger partial charge in [-0.3, -0.25) is 10.1 Å². The molecule has 2 heterocycles. The van der Waals surface area contributed by atoms with Gasteiger partial charge in [-0.05, 0) is 30.7 Å². The number of benzene rings is 1. The van der Waals surface area contributed by atoms with E-state index in [-0.39, 0.29) is 5.91 Å². The summed E-state index contributed by atoms with van der Waals surface area (Å²) in [7, 11) is 1.92. The Hall–Kier alpha value is -2.74. The monoisotopic (exact) mass is 357 g/mol. The number of carbonyl (C=O) groups is 1. The summed E-state index contributed by atoms with van der Waals surface area (Å²) in [4.78, 5) is 16.5.